The number of hydrogen-bond donors (Lipinski definition) is 0. The Bertz CT molecular complexity index is 520. The fourth-order valence-corrected chi connectivity index (χ4v) is 1.66. The van der Waals surface area contributed by atoms with Crippen LogP contribution in [0.5, 0.6) is 0 Å². The van der Waals surface area contributed by atoms with Crippen molar-refractivity contribution in [3.63, 3.8) is 0 Å². The number of hydrogen-bond acceptors (Lipinski definition) is 6. The van der Waals surface area contributed by atoms with Gasteiger partial charge in [0.15, 0.2) is 23.2 Å². The first-order valence-corrected chi connectivity index (χ1v) is 6.11. The molecule has 0 unspecified atom stereocenters. The van der Waals surface area contributed by atoms with Crippen LogP contribution in [-0.4, -0.2) is 25.2 Å². The van der Waals surface area contributed by atoms with Crippen molar-refractivity contribution in [2.45, 2.75) is 19.8 Å². The molecular formula is C13H13F2NO5. The molecule has 0 spiro atoms. The highest BCUT2D eigenvalue weighted by Crippen LogP contribution is 2.28. The summed E-state index contributed by atoms with van der Waals surface area (Å²) in [6.07, 6.45) is 0. The molecule has 114 valence electrons. The maximum atomic E-state index is 13.5. The number of ether oxygens (including phenoxy) is 2. The van der Waals surface area contributed by atoms with Crippen LogP contribution in [0.1, 0.15) is 25.3 Å². The lowest BCUT2D eigenvalue weighted by molar-refractivity contribution is -0.156. The van der Waals surface area contributed by atoms with E-state index >= 15 is 0 Å². The Morgan fingerprint density at radius 1 is 1.10 bits per heavy atom. The number of halogens is 2. The monoisotopic (exact) mass is 301 g/mol. The van der Waals surface area contributed by atoms with Crippen LogP contribution in [0, 0.1) is 16.5 Å². The van der Waals surface area contributed by atoms with Gasteiger partial charge in [-0.05, 0) is 36.7 Å². The maximum Gasteiger partial charge on any atom is 0.324 e. The van der Waals surface area contributed by atoms with E-state index in [2.05, 4.69) is 5.18 Å². The van der Waals surface area contributed by atoms with Gasteiger partial charge in [-0.25, -0.2) is 8.78 Å². The molecule has 0 saturated heterocycles. The molecule has 21 heavy (non-hydrogen) atoms. The molecule has 0 aromatic heterocycles. The van der Waals surface area contributed by atoms with Crippen molar-refractivity contribution in [3.05, 3.63) is 34.2 Å². The number of carbonyl (C=O) groups is 2. The average Bonchev–Trinajstić information content (AvgIpc) is 2.39. The number of nitroso groups, excluding NO2 is 1. The molecule has 8 heteroatoms. The van der Waals surface area contributed by atoms with Crippen LogP contribution in [-0.2, 0) is 19.1 Å². The third-order valence-corrected chi connectivity index (χ3v) is 2.51. The first kappa shape index (κ1) is 16.7. The fourth-order valence-electron chi connectivity index (χ4n) is 1.66. The molecule has 0 atom stereocenters. The molecule has 0 radical (unpaired) electrons. The van der Waals surface area contributed by atoms with E-state index in [0.29, 0.717) is 12.1 Å². The molecule has 0 aliphatic carbocycles. The first-order valence-electron chi connectivity index (χ1n) is 6.11. The Hall–Kier alpha value is -2.38. The van der Waals surface area contributed by atoms with Gasteiger partial charge in [-0.3, -0.25) is 9.59 Å². The Kier molecular flexibility index (Phi) is 5.89. The number of nitrogens with zero attached hydrogens (tertiary/aromatic N) is 1. The molecule has 0 heterocycles. The minimum atomic E-state index is -1.63. The highest BCUT2D eigenvalue weighted by molar-refractivity contribution is 6.00. The zero-order valence-electron chi connectivity index (χ0n) is 11.4. The van der Waals surface area contributed by atoms with Crippen molar-refractivity contribution in [2.24, 2.45) is 5.18 Å². The van der Waals surface area contributed by atoms with E-state index in [1.54, 1.807) is 0 Å². The second kappa shape index (κ2) is 7.41. The summed E-state index contributed by atoms with van der Waals surface area (Å²) in [5.41, 5.74) is -1.33. The number of rotatable bonds is 6. The predicted octanol–water partition coefficient (Wildman–Crippen LogP) is 2.57. The second-order valence-electron chi connectivity index (χ2n) is 3.86. The van der Waals surface area contributed by atoms with E-state index in [1.807, 2.05) is 0 Å². The Morgan fingerprint density at radius 3 is 1.86 bits per heavy atom. The molecule has 0 amide bonds. The van der Waals surface area contributed by atoms with Crippen LogP contribution in [0.2, 0.25) is 0 Å². The van der Waals surface area contributed by atoms with Gasteiger partial charge in [0, 0.05) is 0 Å². The van der Waals surface area contributed by atoms with Crippen LogP contribution in [0.3, 0.4) is 0 Å². The third kappa shape index (κ3) is 3.80. The van der Waals surface area contributed by atoms with Gasteiger partial charge in [0.25, 0.3) is 0 Å². The largest absolute Gasteiger partial charge is 0.465 e. The minimum Gasteiger partial charge on any atom is -0.465 e. The average molecular weight is 301 g/mol. The molecule has 0 aliphatic heterocycles. The van der Waals surface area contributed by atoms with Gasteiger partial charge in [-0.15, -0.1) is 4.91 Å². The van der Waals surface area contributed by atoms with Crippen molar-refractivity contribution < 1.29 is 27.8 Å². The highest BCUT2D eigenvalue weighted by atomic mass is 19.1. The molecule has 6 nitrogen and oxygen atoms in total. The summed E-state index contributed by atoms with van der Waals surface area (Å²) in [7, 11) is 0. The van der Waals surface area contributed by atoms with Crippen LogP contribution >= 0.6 is 0 Å². The van der Waals surface area contributed by atoms with Crippen molar-refractivity contribution in [3.8, 4) is 0 Å². The Labute approximate surface area is 119 Å². The minimum absolute atomic E-state index is 0.0202. The number of esters is 2. The fraction of sp³-hybridized carbons (Fsp3) is 0.385. The smallest absolute Gasteiger partial charge is 0.324 e. The van der Waals surface area contributed by atoms with Crippen molar-refractivity contribution >= 4 is 17.6 Å². The summed E-state index contributed by atoms with van der Waals surface area (Å²) in [6.45, 7) is 2.99. The van der Waals surface area contributed by atoms with Crippen molar-refractivity contribution in [1.29, 1.82) is 0 Å². The first-order chi connectivity index (χ1) is 9.96. The second-order valence-corrected chi connectivity index (χ2v) is 3.86. The van der Waals surface area contributed by atoms with E-state index in [1.165, 1.54) is 13.8 Å². The van der Waals surface area contributed by atoms with Crippen LogP contribution in [0.25, 0.3) is 0 Å². The quantitative estimate of drug-likeness (QED) is 0.458. The van der Waals surface area contributed by atoms with E-state index in [-0.39, 0.29) is 18.8 Å². The predicted molar refractivity (Wildman–Crippen MR) is 67.8 cm³/mol. The van der Waals surface area contributed by atoms with Gasteiger partial charge < -0.3 is 9.47 Å². The lowest BCUT2D eigenvalue weighted by atomic mass is 9.98. The Balaban J connectivity index is 3.29. The van der Waals surface area contributed by atoms with Crippen molar-refractivity contribution in [1.82, 2.24) is 0 Å². The summed E-state index contributed by atoms with van der Waals surface area (Å²) in [5.74, 6) is -6.19. The number of carbonyl (C=O) groups excluding carboxylic acids is 2. The van der Waals surface area contributed by atoms with E-state index in [0.717, 1.165) is 0 Å². The molecule has 1 rings (SSSR count). The normalized spacial score (nSPS) is 10.3. The van der Waals surface area contributed by atoms with Gasteiger partial charge in [0.1, 0.15) is 0 Å². The molecule has 0 N–H and O–H groups in total. The van der Waals surface area contributed by atoms with E-state index in [4.69, 9.17) is 9.47 Å². The molecule has 0 saturated carbocycles. The standard InChI is InChI=1S/C13H13F2NO5/c1-3-20-12(17)10(13(18)21-4-2)7-5-8(14)11(16-19)9(15)6-7/h5-6,10H,3-4H2,1-2H3. The van der Waals surface area contributed by atoms with Crippen LogP contribution < -0.4 is 0 Å². The van der Waals surface area contributed by atoms with E-state index in [9.17, 15) is 23.3 Å². The maximum absolute atomic E-state index is 13.5. The van der Waals surface area contributed by atoms with Gasteiger partial charge in [-0.1, -0.05) is 0 Å². The SMILES string of the molecule is CCOC(=O)C(C(=O)OCC)c1cc(F)c(N=O)c(F)c1. The van der Waals surface area contributed by atoms with Crippen LogP contribution in [0.15, 0.2) is 17.3 Å². The summed E-state index contributed by atoms with van der Waals surface area (Å²) in [5, 5.41) is 2.20. The molecule has 0 fully saturated rings. The molecule has 0 bridgehead atoms. The summed E-state index contributed by atoms with van der Waals surface area (Å²) in [4.78, 5) is 33.9. The van der Waals surface area contributed by atoms with Gasteiger partial charge >= 0.3 is 11.9 Å². The molecular weight excluding hydrogens is 288 g/mol. The zero-order valence-corrected chi connectivity index (χ0v) is 11.4. The van der Waals surface area contributed by atoms with Crippen LogP contribution in [0.4, 0.5) is 14.5 Å². The summed E-state index contributed by atoms with van der Waals surface area (Å²) in [6, 6.07) is 1.36. The van der Waals surface area contributed by atoms with E-state index < -0.39 is 35.2 Å². The molecule has 1 aromatic carbocycles. The summed E-state index contributed by atoms with van der Waals surface area (Å²) >= 11 is 0. The van der Waals surface area contributed by atoms with Gasteiger partial charge in [0.2, 0.25) is 0 Å². The molecule has 0 aliphatic rings. The summed E-state index contributed by atoms with van der Waals surface area (Å²) < 4.78 is 36.4. The third-order valence-electron chi connectivity index (χ3n) is 2.51. The zero-order chi connectivity index (χ0) is 16.0. The highest BCUT2D eigenvalue weighted by Gasteiger charge is 2.33. The number of benzene rings is 1. The Morgan fingerprint density at radius 2 is 1.52 bits per heavy atom. The van der Waals surface area contributed by atoms with Gasteiger partial charge in [0.05, 0.1) is 13.2 Å². The van der Waals surface area contributed by atoms with Gasteiger partial charge in [-0.2, -0.15) is 0 Å². The molecule has 1 aromatic rings. The lowest BCUT2D eigenvalue weighted by Crippen LogP contribution is -2.26. The topological polar surface area (TPSA) is 82.0 Å². The van der Waals surface area contributed by atoms with Crippen molar-refractivity contribution in [2.75, 3.05) is 13.2 Å². The lowest BCUT2D eigenvalue weighted by Gasteiger charge is -2.15.